The monoisotopic (exact) mass is 375 g/mol. The van der Waals surface area contributed by atoms with Crippen molar-refractivity contribution in [2.45, 2.75) is 33.2 Å². The first-order valence-electron chi connectivity index (χ1n) is 9.27. The van der Waals surface area contributed by atoms with Gasteiger partial charge in [0.05, 0.1) is 5.69 Å². The highest BCUT2D eigenvalue weighted by Gasteiger charge is 2.17. The van der Waals surface area contributed by atoms with Gasteiger partial charge in [-0.25, -0.2) is 4.98 Å². The highest BCUT2D eigenvalue weighted by Crippen LogP contribution is 2.19. The van der Waals surface area contributed by atoms with Crippen LogP contribution >= 0.6 is 0 Å². The smallest absolute Gasteiger partial charge is 0.275 e. The number of hydrogen-bond donors (Lipinski definition) is 1. The van der Waals surface area contributed by atoms with Crippen molar-refractivity contribution >= 4 is 17.5 Å². The molecule has 0 fully saturated rings. The van der Waals surface area contributed by atoms with E-state index in [1.165, 1.54) is 10.8 Å². The first kappa shape index (κ1) is 17.8. The quantitative estimate of drug-likeness (QED) is 0.558. The summed E-state index contributed by atoms with van der Waals surface area (Å²) in [5.74, 6) is 0.580. The minimum Gasteiger partial charge on any atom is -0.304 e. The van der Waals surface area contributed by atoms with E-state index in [4.69, 9.17) is 0 Å². The average molecular weight is 375 g/mol. The Morgan fingerprint density at radius 3 is 2.79 bits per heavy atom. The molecule has 142 valence electrons. The maximum Gasteiger partial charge on any atom is 0.275 e. The highest BCUT2D eigenvalue weighted by molar-refractivity contribution is 6.03. The van der Waals surface area contributed by atoms with Crippen molar-refractivity contribution in [2.24, 2.45) is 0 Å². The lowest BCUT2D eigenvalue weighted by Crippen LogP contribution is -2.18. The van der Waals surface area contributed by atoms with Gasteiger partial charge in [-0.1, -0.05) is 43.7 Å². The van der Waals surface area contributed by atoms with Crippen LogP contribution in [0.15, 0.2) is 48.8 Å². The van der Waals surface area contributed by atoms with E-state index in [9.17, 15) is 4.79 Å². The van der Waals surface area contributed by atoms with E-state index in [0.29, 0.717) is 23.0 Å². The van der Waals surface area contributed by atoms with Crippen LogP contribution in [0, 0.1) is 6.92 Å². The third-order valence-electron chi connectivity index (χ3n) is 4.50. The van der Waals surface area contributed by atoms with E-state index in [2.05, 4.69) is 32.4 Å². The molecule has 4 rings (SSSR count). The van der Waals surface area contributed by atoms with Crippen molar-refractivity contribution in [3.8, 4) is 11.3 Å². The summed E-state index contributed by atoms with van der Waals surface area (Å²) in [4.78, 5) is 21.6. The first-order chi connectivity index (χ1) is 13.7. The number of rotatable bonds is 6. The molecule has 0 radical (unpaired) electrons. The SMILES string of the molecule is CCCCn1nc(NC(=O)c2cc(-c3ccccc3)nc3ncnn23)cc1C. The number of carbonyl (C=O) groups excluding carboxylic acids is 1. The summed E-state index contributed by atoms with van der Waals surface area (Å²) in [5, 5.41) is 11.5. The molecule has 0 atom stereocenters. The van der Waals surface area contributed by atoms with Crippen molar-refractivity contribution in [1.29, 1.82) is 0 Å². The average Bonchev–Trinajstić information content (AvgIpc) is 3.32. The summed E-state index contributed by atoms with van der Waals surface area (Å²) in [6.45, 7) is 4.95. The molecule has 8 nitrogen and oxygen atoms in total. The number of anilines is 1. The van der Waals surface area contributed by atoms with E-state index < -0.39 is 0 Å². The van der Waals surface area contributed by atoms with Gasteiger partial charge in [-0.3, -0.25) is 9.48 Å². The van der Waals surface area contributed by atoms with Crippen molar-refractivity contribution in [3.05, 3.63) is 60.2 Å². The molecule has 0 unspecified atom stereocenters. The van der Waals surface area contributed by atoms with Crippen LogP contribution in [0.5, 0.6) is 0 Å². The van der Waals surface area contributed by atoms with E-state index in [0.717, 1.165) is 30.6 Å². The van der Waals surface area contributed by atoms with Gasteiger partial charge in [0.15, 0.2) is 5.82 Å². The molecular weight excluding hydrogens is 354 g/mol. The molecule has 1 aromatic carbocycles. The number of nitrogens with zero attached hydrogens (tertiary/aromatic N) is 6. The second kappa shape index (κ2) is 7.59. The molecule has 0 bridgehead atoms. The lowest BCUT2D eigenvalue weighted by molar-refractivity contribution is 0.101. The molecule has 0 aliphatic heterocycles. The Bertz CT molecular complexity index is 1110. The van der Waals surface area contributed by atoms with Crippen LogP contribution in [0.3, 0.4) is 0 Å². The summed E-state index contributed by atoms with van der Waals surface area (Å²) < 4.78 is 3.34. The Morgan fingerprint density at radius 1 is 1.18 bits per heavy atom. The number of aryl methyl sites for hydroxylation is 2. The molecule has 4 aromatic rings. The molecule has 0 aliphatic rings. The fraction of sp³-hybridized carbons (Fsp3) is 0.250. The Morgan fingerprint density at radius 2 is 2.00 bits per heavy atom. The molecule has 3 heterocycles. The standard InChI is InChI=1S/C20H21N7O/c1-3-4-10-26-14(2)11-18(25-26)24-19(28)17-12-16(15-8-6-5-7-9-15)23-20-21-13-22-27(17)20/h5-9,11-13H,3-4,10H2,1-2H3,(H,24,25,28). The van der Waals surface area contributed by atoms with Crippen LogP contribution in [0.25, 0.3) is 17.0 Å². The Hall–Kier alpha value is -3.55. The number of benzene rings is 1. The number of unbranched alkanes of at least 4 members (excludes halogenated alkanes) is 1. The van der Waals surface area contributed by atoms with E-state index in [1.54, 1.807) is 6.07 Å². The summed E-state index contributed by atoms with van der Waals surface area (Å²) >= 11 is 0. The maximum absolute atomic E-state index is 13.0. The zero-order chi connectivity index (χ0) is 19.5. The number of nitrogens with one attached hydrogen (secondary N) is 1. The molecule has 0 spiro atoms. The third kappa shape index (κ3) is 3.48. The number of hydrogen-bond acceptors (Lipinski definition) is 5. The molecule has 28 heavy (non-hydrogen) atoms. The van der Waals surface area contributed by atoms with Gasteiger partial charge in [0, 0.05) is 23.9 Å². The first-order valence-corrected chi connectivity index (χ1v) is 9.27. The van der Waals surface area contributed by atoms with Crippen LogP contribution in [0.1, 0.15) is 35.9 Å². The van der Waals surface area contributed by atoms with Gasteiger partial charge in [0.2, 0.25) is 0 Å². The van der Waals surface area contributed by atoms with Gasteiger partial charge in [0.25, 0.3) is 11.7 Å². The predicted molar refractivity (Wildman–Crippen MR) is 106 cm³/mol. The Kier molecular flexibility index (Phi) is 4.84. The van der Waals surface area contributed by atoms with Gasteiger partial charge in [-0.15, -0.1) is 0 Å². The molecule has 0 saturated heterocycles. The summed E-state index contributed by atoms with van der Waals surface area (Å²) in [5.41, 5.74) is 2.93. The minimum absolute atomic E-state index is 0.310. The highest BCUT2D eigenvalue weighted by atomic mass is 16.2. The van der Waals surface area contributed by atoms with E-state index in [-0.39, 0.29) is 5.91 Å². The zero-order valence-corrected chi connectivity index (χ0v) is 15.8. The van der Waals surface area contributed by atoms with Gasteiger partial charge < -0.3 is 5.32 Å². The van der Waals surface area contributed by atoms with Crippen LogP contribution in [-0.2, 0) is 6.54 Å². The number of fused-ring (bicyclic) bond motifs is 1. The number of aromatic nitrogens is 6. The molecule has 1 N–H and O–H groups in total. The maximum atomic E-state index is 13.0. The second-order valence-electron chi connectivity index (χ2n) is 6.57. The van der Waals surface area contributed by atoms with E-state index in [1.807, 2.05) is 48.0 Å². The molecule has 3 aromatic heterocycles. The zero-order valence-electron chi connectivity index (χ0n) is 15.8. The second-order valence-corrected chi connectivity index (χ2v) is 6.57. The van der Waals surface area contributed by atoms with Gasteiger partial charge in [-0.2, -0.15) is 19.7 Å². The minimum atomic E-state index is -0.310. The Labute approximate surface area is 162 Å². The lowest BCUT2D eigenvalue weighted by atomic mass is 10.1. The fourth-order valence-electron chi connectivity index (χ4n) is 3.02. The summed E-state index contributed by atoms with van der Waals surface area (Å²) in [7, 11) is 0. The molecule has 0 aliphatic carbocycles. The van der Waals surface area contributed by atoms with Gasteiger partial charge >= 0.3 is 0 Å². The largest absolute Gasteiger partial charge is 0.304 e. The van der Waals surface area contributed by atoms with Crippen molar-refractivity contribution in [3.63, 3.8) is 0 Å². The van der Waals surface area contributed by atoms with Crippen molar-refractivity contribution in [1.82, 2.24) is 29.4 Å². The summed E-state index contributed by atoms with van der Waals surface area (Å²) in [6, 6.07) is 13.3. The molecule has 0 saturated carbocycles. The molecule has 1 amide bonds. The molecular formula is C20H21N7O. The number of amides is 1. The van der Waals surface area contributed by atoms with Crippen molar-refractivity contribution in [2.75, 3.05) is 5.32 Å². The van der Waals surface area contributed by atoms with Crippen LogP contribution in [0.4, 0.5) is 5.82 Å². The topological polar surface area (TPSA) is 90.0 Å². The lowest BCUT2D eigenvalue weighted by Gasteiger charge is -2.07. The number of carbonyl (C=O) groups is 1. The normalized spacial score (nSPS) is 11.1. The van der Waals surface area contributed by atoms with Gasteiger partial charge in [0.1, 0.15) is 12.0 Å². The Balaban J connectivity index is 1.66. The predicted octanol–water partition coefficient (Wildman–Crippen LogP) is 3.35. The summed E-state index contributed by atoms with van der Waals surface area (Å²) in [6.07, 6.45) is 3.52. The van der Waals surface area contributed by atoms with E-state index >= 15 is 0 Å². The third-order valence-corrected chi connectivity index (χ3v) is 4.50. The van der Waals surface area contributed by atoms with Crippen LogP contribution < -0.4 is 5.32 Å². The van der Waals surface area contributed by atoms with Crippen molar-refractivity contribution < 1.29 is 4.79 Å². The molecule has 8 heteroatoms. The van der Waals surface area contributed by atoms with Crippen LogP contribution in [-0.4, -0.2) is 35.3 Å². The van der Waals surface area contributed by atoms with Gasteiger partial charge in [-0.05, 0) is 19.4 Å². The van der Waals surface area contributed by atoms with Crippen LogP contribution in [0.2, 0.25) is 0 Å². The fourth-order valence-corrected chi connectivity index (χ4v) is 3.02.